The molecule has 0 aliphatic carbocycles. The van der Waals surface area contributed by atoms with E-state index in [1.807, 2.05) is 12.1 Å². The van der Waals surface area contributed by atoms with Crippen LogP contribution in [0.1, 0.15) is 25.8 Å². The lowest BCUT2D eigenvalue weighted by atomic mass is 10.2. The Morgan fingerprint density at radius 1 is 1.17 bits per heavy atom. The van der Waals surface area contributed by atoms with E-state index in [0.29, 0.717) is 25.7 Å². The van der Waals surface area contributed by atoms with Crippen molar-refractivity contribution in [1.29, 1.82) is 0 Å². The first-order valence-corrected chi connectivity index (χ1v) is 10.3. The monoisotopic (exact) mass is 518 g/mol. The average molecular weight is 518 g/mol. The van der Waals surface area contributed by atoms with Crippen molar-refractivity contribution in [3.05, 3.63) is 23.8 Å². The lowest BCUT2D eigenvalue weighted by molar-refractivity contribution is -0.0284. The minimum Gasteiger partial charge on any atom is -0.490 e. The van der Waals surface area contributed by atoms with Crippen LogP contribution < -0.4 is 20.1 Å². The van der Waals surface area contributed by atoms with Crippen LogP contribution in [0, 0.1) is 5.92 Å². The molecule has 3 rings (SSSR count). The van der Waals surface area contributed by atoms with Gasteiger partial charge in [0.15, 0.2) is 17.5 Å². The average Bonchev–Trinajstić information content (AvgIpc) is 2.93. The van der Waals surface area contributed by atoms with E-state index in [9.17, 15) is 0 Å². The van der Waals surface area contributed by atoms with E-state index in [0.717, 1.165) is 62.2 Å². The number of halogens is 1. The molecule has 2 aliphatic heterocycles. The van der Waals surface area contributed by atoms with Crippen molar-refractivity contribution in [2.45, 2.75) is 32.9 Å². The van der Waals surface area contributed by atoms with Gasteiger partial charge in [0.25, 0.3) is 0 Å². The Kier molecular flexibility index (Phi) is 10.3. The van der Waals surface area contributed by atoms with Gasteiger partial charge in [0.05, 0.1) is 25.9 Å². The van der Waals surface area contributed by atoms with Crippen molar-refractivity contribution in [2.75, 3.05) is 53.0 Å². The molecule has 0 aromatic heterocycles. The summed E-state index contributed by atoms with van der Waals surface area (Å²) in [6.07, 6.45) is 1.10. The maximum Gasteiger partial charge on any atom is 0.191 e. The zero-order valence-electron chi connectivity index (χ0n) is 17.8. The van der Waals surface area contributed by atoms with Crippen molar-refractivity contribution < 1.29 is 14.2 Å². The number of nitrogens with one attached hydrogen (secondary N) is 2. The molecule has 0 bridgehead atoms. The first kappa shape index (κ1) is 24.0. The van der Waals surface area contributed by atoms with Crippen molar-refractivity contribution in [3.8, 4) is 11.5 Å². The van der Waals surface area contributed by atoms with Gasteiger partial charge in [-0.1, -0.05) is 19.9 Å². The minimum absolute atomic E-state index is 0. The molecule has 1 saturated heterocycles. The molecule has 29 heavy (non-hydrogen) atoms. The van der Waals surface area contributed by atoms with Crippen molar-refractivity contribution in [3.63, 3.8) is 0 Å². The molecule has 2 heterocycles. The first-order chi connectivity index (χ1) is 13.6. The molecular formula is C21H35IN4O3. The Morgan fingerprint density at radius 2 is 1.97 bits per heavy atom. The molecule has 0 amide bonds. The van der Waals surface area contributed by atoms with E-state index in [1.54, 1.807) is 7.05 Å². The van der Waals surface area contributed by atoms with Crippen LogP contribution in [0.25, 0.3) is 0 Å². The summed E-state index contributed by atoms with van der Waals surface area (Å²) >= 11 is 0. The fourth-order valence-electron chi connectivity index (χ4n) is 3.52. The van der Waals surface area contributed by atoms with Crippen LogP contribution in [0.5, 0.6) is 11.5 Å². The van der Waals surface area contributed by atoms with E-state index in [4.69, 9.17) is 14.2 Å². The maximum absolute atomic E-state index is 5.90. The van der Waals surface area contributed by atoms with E-state index in [2.05, 4.69) is 40.4 Å². The molecule has 1 aromatic carbocycles. The van der Waals surface area contributed by atoms with Crippen LogP contribution in [0.3, 0.4) is 0 Å². The predicted octanol–water partition coefficient (Wildman–Crippen LogP) is 2.49. The molecule has 164 valence electrons. The van der Waals surface area contributed by atoms with Crippen molar-refractivity contribution >= 4 is 29.9 Å². The van der Waals surface area contributed by atoms with Gasteiger partial charge < -0.3 is 24.8 Å². The van der Waals surface area contributed by atoms with E-state index >= 15 is 0 Å². The Balaban J connectivity index is 0.00000300. The molecule has 0 radical (unpaired) electrons. The molecular weight excluding hydrogens is 483 g/mol. The highest BCUT2D eigenvalue weighted by Gasteiger charge is 2.21. The number of morpholine rings is 1. The normalized spacial score (nSPS) is 20.0. The van der Waals surface area contributed by atoms with E-state index in [-0.39, 0.29) is 30.1 Å². The number of benzene rings is 1. The summed E-state index contributed by atoms with van der Waals surface area (Å²) in [6.45, 7) is 11.2. The van der Waals surface area contributed by atoms with Crippen LogP contribution in [0.4, 0.5) is 0 Å². The predicted molar refractivity (Wildman–Crippen MR) is 127 cm³/mol. The van der Waals surface area contributed by atoms with Gasteiger partial charge in [-0.3, -0.25) is 9.89 Å². The summed E-state index contributed by atoms with van der Waals surface area (Å²) in [4.78, 5) is 6.81. The molecule has 2 aliphatic rings. The van der Waals surface area contributed by atoms with Gasteiger partial charge in [-0.25, -0.2) is 0 Å². The molecule has 0 saturated carbocycles. The fraction of sp³-hybridized carbons (Fsp3) is 0.667. The van der Waals surface area contributed by atoms with Crippen LogP contribution in [0.15, 0.2) is 23.2 Å². The number of ether oxygens (including phenoxy) is 3. The summed E-state index contributed by atoms with van der Waals surface area (Å²) in [5.41, 5.74) is 1.13. The lowest BCUT2D eigenvalue weighted by Gasteiger charge is -2.34. The molecule has 1 unspecified atom stereocenters. The number of rotatable bonds is 6. The smallest absolute Gasteiger partial charge is 0.191 e. The molecule has 7 nitrogen and oxygen atoms in total. The maximum atomic E-state index is 5.90. The number of fused-ring (bicyclic) bond motifs is 1. The first-order valence-electron chi connectivity index (χ1n) is 10.3. The van der Waals surface area contributed by atoms with Gasteiger partial charge in [0.1, 0.15) is 0 Å². The standard InChI is InChI=1S/C21H34N4O3.HI/c1-16(2)14-25-7-10-26-18(15-25)13-24-21(22-3)23-12-17-5-6-19-20(11-17)28-9-4-8-27-19;/h5-6,11,16,18H,4,7-10,12-15H2,1-3H3,(H2,22,23,24);1H. The quantitative estimate of drug-likeness (QED) is 0.343. The highest BCUT2D eigenvalue weighted by atomic mass is 127. The number of hydrogen-bond acceptors (Lipinski definition) is 5. The van der Waals surface area contributed by atoms with Crippen LogP contribution in [-0.2, 0) is 11.3 Å². The number of guanidine groups is 1. The molecule has 1 fully saturated rings. The van der Waals surface area contributed by atoms with Crippen LogP contribution in [0.2, 0.25) is 0 Å². The van der Waals surface area contributed by atoms with Gasteiger partial charge >= 0.3 is 0 Å². The Labute approximate surface area is 191 Å². The Morgan fingerprint density at radius 3 is 2.72 bits per heavy atom. The third kappa shape index (κ3) is 7.82. The number of aliphatic imine (C=N–C) groups is 1. The van der Waals surface area contributed by atoms with Gasteiger partial charge in [-0.15, -0.1) is 24.0 Å². The number of hydrogen-bond donors (Lipinski definition) is 2. The summed E-state index contributed by atoms with van der Waals surface area (Å²) in [6, 6.07) is 6.07. The molecule has 8 heteroatoms. The zero-order valence-corrected chi connectivity index (χ0v) is 20.1. The SMILES string of the molecule is CN=C(NCc1ccc2c(c1)OCCCO2)NCC1CN(CC(C)C)CCO1.I. The Bertz CT molecular complexity index is 657. The fourth-order valence-corrected chi connectivity index (χ4v) is 3.52. The van der Waals surface area contributed by atoms with E-state index < -0.39 is 0 Å². The number of nitrogens with zero attached hydrogens (tertiary/aromatic N) is 2. The van der Waals surface area contributed by atoms with Gasteiger partial charge in [-0.05, 0) is 23.6 Å². The lowest BCUT2D eigenvalue weighted by Crippen LogP contribution is -2.50. The summed E-state index contributed by atoms with van der Waals surface area (Å²) < 4.78 is 17.4. The summed E-state index contributed by atoms with van der Waals surface area (Å²) in [5, 5.41) is 6.75. The third-order valence-electron chi connectivity index (χ3n) is 4.84. The van der Waals surface area contributed by atoms with Crippen LogP contribution in [-0.4, -0.2) is 70.0 Å². The highest BCUT2D eigenvalue weighted by Crippen LogP contribution is 2.30. The topological polar surface area (TPSA) is 67.4 Å². The second-order valence-corrected chi connectivity index (χ2v) is 7.78. The second kappa shape index (κ2) is 12.4. The summed E-state index contributed by atoms with van der Waals surface area (Å²) in [7, 11) is 1.79. The largest absolute Gasteiger partial charge is 0.490 e. The molecule has 0 spiro atoms. The minimum atomic E-state index is 0. The molecule has 1 atom stereocenters. The van der Waals surface area contributed by atoms with Crippen LogP contribution >= 0.6 is 24.0 Å². The highest BCUT2D eigenvalue weighted by molar-refractivity contribution is 14.0. The zero-order chi connectivity index (χ0) is 19.8. The van der Waals surface area contributed by atoms with Crippen molar-refractivity contribution in [2.24, 2.45) is 10.9 Å². The van der Waals surface area contributed by atoms with Gasteiger partial charge in [0.2, 0.25) is 0 Å². The molecule has 1 aromatic rings. The Hall–Kier alpha value is -1.26. The van der Waals surface area contributed by atoms with E-state index in [1.165, 1.54) is 0 Å². The summed E-state index contributed by atoms with van der Waals surface area (Å²) in [5.74, 6) is 3.10. The second-order valence-electron chi connectivity index (χ2n) is 7.78. The molecule has 2 N–H and O–H groups in total. The van der Waals surface area contributed by atoms with Gasteiger partial charge in [0, 0.05) is 46.2 Å². The van der Waals surface area contributed by atoms with Crippen molar-refractivity contribution in [1.82, 2.24) is 15.5 Å². The van der Waals surface area contributed by atoms with Gasteiger partial charge in [-0.2, -0.15) is 0 Å². The third-order valence-corrected chi connectivity index (χ3v) is 4.84.